The Balaban J connectivity index is 1.90. The average molecular weight is 546 g/mol. The summed E-state index contributed by atoms with van der Waals surface area (Å²) in [5, 5.41) is 11.1. The number of fused-ring (bicyclic) bond motifs is 1. The molecule has 3 rings (SSSR count). The Morgan fingerprint density at radius 1 is 1.08 bits per heavy atom. The number of alkyl carbamates (subject to hydrolysis) is 1. The van der Waals surface area contributed by atoms with Gasteiger partial charge in [-0.15, -0.1) is 0 Å². The number of hydrogen-bond donors (Lipinski definition) is 3. The zero-order valence-electron chi connectivity index (χ0n) is 23.6. The molecule has 0 radical (unpaired) electrons. The van der Waals surface area contributed by atoms with Gasteiger partial charge < -0.3 is 25.4 Å². The van der Waals surface area contributed by atoms with Crippen LogP contribution in [-0.2, 0) is 28.7 Å². The van der Waals surface area contributed by atoms with Gasteiger partial charge in [0.1, 0.15) is 30.3 Å². The van der Waals surface area contributed by atoms with Crippen molar-refractivity contribution < 1.29 is 33.4 Å². The van der Waals surface area contributed by atoms with Crippen LogP contribution in [0.1, 0.15) is 59.6 Å². The van der Waals surface area contributed by atoms with E-state index in [-0.39, 0.29) is 31.5 Å². The van der Waals surface area contributed by atoms with Gasteiger partial charge >= 0.3 is 12.1 Å². The molecule has 0 unspecified atom stereocenters. The van der Waals surface area contributed by atoms with Crippen LogP contribution in [0.2, 0.25) is 0 Å². The van der Waals surface area contributed by atoms with E-state index < -0.39 is 53.0 Å². The van der Waals surface area contributed by atoms with Gasteiger partial charge in [0.15, 0.2) is 0 Å². The number of ether oxygens (including phenoxy) is 2. The highest BCUT2D eigenvalue weighted by Crippen LogP contribution is 2.49. The molecule has 4 amide bonds. The second-order valence-electron chi connectivity index (χ2n) is 11.3. The van der Waals surface area contributed by atoms with E-state index in [1.54, 1.807) is 27.7 Å². The number of methoxy groups -OCH3 is 1. The molecule has 12 nitrogen and oxygen atoms in total. The largest absolute Gasteiger partial charge is 0.468 e. The molecule has 0 aliphatic carbocycles. The number of rotatable bonds is 8. The maximum absolute atomic E-state index is 13.9. The molecule has 12 heteroatoms. The Kier molecular flexibility index (Phi) is 8.89. The smallest absolute Gasteiger partial charge is 0.408 e. The third-order valence-electron chi connectivity index (χ3n) is 6.82. The predicted octanol–water partition coefficient (Wildman–Crippen LogP) is 1.27. The van der Waals surface area contributed by atoms with E-state index >= 15 is 0 Å². The van der Waals surface area contributed by atoms with Crippen molar-refractivity contribution in [3.63, 3.8) is 0 Å². The van der Waals surface area contributed by atoms with Crippen LogP contribution in [0, 0.1) is 5.92 Å². The minimum Gasteiger partial charge on any atom is -0.468 e. The number of amides is 4. The molecular weight excluding hydrogens is 506 g/mol. The summed E-state index contributed by atoms with van der Waals surface area (Å²) in [5.74, 6) is -2.24. The summed E-state index contributed by atoms with van der Waals surface area (Å²) in [6, 6.07) is 7.71. The van der Waals surface area contributed by atoms with Gasteiger partial charge in [0.05, 0.1) is 19.2 Å². The molecule has 214 valence electrons. The van der Waals surface area contributed by atoms with E-state index in [0.29, 0.717) is 0 Å². The average Bonchev–Trinajstić information content (AvgIpc) is 3.33. The van der Waals surface area contributed by atoms with Crippen molar-refractivity contribution in [1.29, 1.82) is 0 Å². The van der Waals surface area contributed by atoms with E-state index in [1.807, 2.05) is 49.2 Å². The summed E-state index contributed by atoms with van der Waals surface area (Å²) in [4.78, 5) is 64.0. The van der Waals surface area contributed by atoms with Gasteiger partial charge in [-0.25, -0.2) is 9.80 Å². The Labute approximate surface area is 228 Å². The number of esters is 1. The Hall–Kier alpha value is -3.67. The van der Waals surface area contributed by atoms with Crippen LogP contribution in [0.15, 0.2) is 30.3 Å². The predicted molar refractivity (Wildman–Crippen MR) is 141 cm³/mol. The van der Waals surface area contributed by atoms with E-state index in [1.165, 1.54) is 12.1 Å². The Morgan fingerprint density at radius 2 is 1.72 bits per heavy atom. The first kappa shape index (κ1) is 29.9. The molecular formula is C27H39N5O7. The normalized spacial score (nSPS) is 24.8. The molecule has 1 aromatic rings. The molecule has 2 fully saturated rings. The molecule has 2 aliphatic heterocycles. The quantitative estimate of drug-likeness (QED) is 0.414. The van der Waals surface area contributed by atoms with Gasteiger partial charge in [0, 0.05) is 6.42 Å². The lowest BCUT2D eigenvalue weighted by Crippen LogP contribution is -2.58. The molecule has 0 saturated carbocycles. The van der Waals surface area contributed by atoms with Crippen LogP contribution >= 0.6 is 0 Å². The van der Waals surface area contributed by atoms with Gasteiger partial charge in [-0.1, -0.05) is 44.2 Å². The monoisotopic (exact) mass is 545 g/mol. The highest BCUT2D eigenvalue weighted by Gasteiger charge is 2.64. The second kappa shape index (κ2) is 11.6. The third kappa shape index (κ3) is 6.49. The summed E-state index contributed by atoms with van der Waals surface area (Å²) >= 11 is 0. The summed E-state index contributed by atoms with van der Waals surface area (Å²) < 4.78 is 9.81. The molecule has 0 aromatic heterocycles. The first-order valence-electron chi connectivity index (χ1n) is 13.0. The maximum Gasteiger partial charge on any atom is 0.408 e. The number of carbonyl (C=O) groups excluding carboxylic acids is 5. The maximum atomic E-state index is 13.9. The first-order chi connectivity index (χ1) is 18.2. The molecule has 0 bridgehead atoms. The number of nitrogens with zero attached hydrogens (tertiary/aromatic N) is 2. The molecule has 0 spiro atoms. The van der Waals surface area contributed by atoms with E-state index in [4.69, 9.17) is 4.74 Å². The number of carbonyl (C=O) groups is 5. The van der Waals surface area contributed by atoms with Crippen LogP contribution in [-0.4, -0.2) is 83.2 Å². The van der Waals surface area contributed by atoms with Crippen LogP contribution < -0.4 is 16.0 Å². The standard InChI is InChI=1S/C27H39N5O7/c1-16(2)22-21(30-19(33)14-29-25(37)39-26(3,4)5)23(35)32-27(6,24(36)28-15-20(34)38-7)13-18(31(22)32)17-11-9-8-10-12-17/h8-12,16,18,21-22H,13-15H2,1-7H3,(H,28,36)(H,29,37)(H,30,33)/t18-,21-,22-,27-/m1/s1. The SMILES string of the molecule is COC(=O)CNC(=O)[C@@]1(C)C[C@H](c2ccccc2)N2[C@H](C(C)C)[C@@H](NC(=O)CNC(=O)OC(C)(C)C)C(=O)N21. The van der Waals surface area contributed by atoms with Crippen LogP contribution in [0.3, 0.4) is 0 Å². The zero-order valence-corrected chi connectivity index (χ0v) is 23.6. The summed E-state index contributed by atoms with van der Waals surface area (Å²) in [6.45, 7) is 9.93. The minimum atomic E-state index is -1.34. The lowest BCUT2D eigenvalue weighted by atomic mass is 9.87. The fourth-order valence-corrected chi connectivity index (χ4v) is 5.16. The Bertz CT molecular complexity index is 1100. The van der Waals surface area contributed by atoms with E-state index in [2.05, 4.69) is 20.7 Å². The molecule has 1 aromatic carbocycles. The van der Waals surface area contributed by atoms with E-state index in [9.17, 15) is 24.0 Å². The molecule has 4 atom stereocenters. The number of hydrogen-bond acceptors (Lipinski definition) is 8. The molecule has 2 aliphatic rings. The van der Waals surface area contributed by atoms with Crippen molar-refractivity contribution in [2.45, 2.75) is 77.2 Å². The summed E-state index contributed by atoms with van der Waals surface area (Å²) in [5.41, 5.74) is -1.16. The van der Waals surface area contributed by atoms with Crippen molar-refractivity contribution in [1.82, 2.24) is 26.0 Å². The summed E-state index contributed by atoms with van der Waals surface area (Å²) in [7, 11) is 1.22. The zero-order chi connectivity index (χ0) is 29.1. The van der Waals surface area contributed by atoms with Crippen LogP contribution in [0.25, 0.3) is 0 Å². The van der Waals surface area contributed by atoms with Crippen molar-refractivity contribution >= 4 is 29.8 Å². The van der Waals surface area contributed by atoms with Gasteiger partial charge in [-0.3, -0.25) is 24.2 Å². The van der Waals surface area contributed by atoms with Crippen molar-refractivity contribution in [2.24, 2.45) is 5.92 Å². The third-order valence-corrected chi connectivity index (χ3v) is 6.82. The van der Waals surface area contributed by atoms with Crippen LogP contribution in [0.5, 0.6) is 0 Å². The highest BCUT2D eigenvalue weighted by molar-refractivity contribution is 5.97. The van der Waals surface area contributed by atoms with Gasteiger partial charge in [0.25, 0.3) is 5.91 Å². The van der Waals surface area contributed by atoms with Crippen molar-refractivity contribution in [3.8, 4) is 0 Å². The minimum absolute atomic E-state index is 0.102. The highest BCUT2D eigenvalue weighted by atomic mass is 16.6. The lowest BCUT2D eigenvalue weighted by molar-refractivity contribution is -0.155. The fraction of sp³-hybridized carbons (Fsp3) is 0.593. The van der Waals surface area contributed by atoms with Gasteiger partial charge in [-0.2, -0.15) is 0 Å². The Morgan fingerprint density at radius 3 is 2.28 bits per heavy atom. The fourth-order valence-electron chi connectivity index (χ4n) is 5.16. The topological polar surface area (TPSA) is 146 Å². The van der Waals surface area contributed by atoms with Crippen molar-refractivity contribution in [3.05, 3.63) is 35.9 Å². The number of benzene rings is 1. The second-order valence-corrected chi connectivity index (χ2v) is 11.3. The first-order valence-corrected chi connectivity index (χ1v) is 13.0. The van der Waals surface area contributed by atoms with Gasteiger partial charge in [0.2, 0.25) is 11.8 Å². The molecule has 2 heterocycles. The van der Waals surface area contributed by atoms with Gasteiger partial charge in [-0.05, 0) is 39.2 Å². The molecule has 2 saturated heterocycles. The van der Waals surface area contributed by atoms with Crippen LogP contribution in [0.4, 0.5) is 4.79 Å². The lowest BCUT2D eigenvalue weighted by Gasteiger charge is -2.36. The molecule has 39 heavy (non-hydrogen) atoms. The van der Waals surface area contributed by atoms with Crippen molar-refractivity contribution in [2.75, 3.05) is 20.2 Å². The number of hydrazine groups is 1. The summed E-state index contributed by atoms with van der Waals surface area (Å²) in [6.07, 6.45) is -0.473. The number of nitrogens with one attached hydrogen (secondary N) is 3. The molecule has 3 N–H and O–H groups in total. The van der Waals surface area contributed by atoms with E-state index in [0.717, 1.165) is 5.56 Å².